The van der Waals surface area contributed by atoms with Gasteiger partial charge in [0.15, 0.2) is 11.5 Å². The highest BCUT2D eigenvalue weighted by Gasteiger charge is 2.35. The Kier molecular flexibility index (Phi) is 6.79. The Morgan fingerprint density at radius 1 is 1.00 bits per heavy atom. The Morgan fingerprint density at radius 2 is 1.76 bits per heavy atom. The van der Waals surface area contributed by atoms with Gasteiger partial charge in [-0.3, -0.25) is 14.5 Å². The van der Waals surface area contributed by atoms with Crippen LogP contribution in [0.15, 0.2) is 71.6 Å². The number of carbonyl (C=O) groups excluding carboxylic acids is 2. The molecule has 7 heteroatoms. The topological polar surface area (TPSA) is 55.8 Å². The van der Waals surface area contributed by atoms with Crippen LogP contribution in [-0.2, 0) is 17.9 Å². The van der Waals surface area contributed by atoms with Gasteiger partial charge in [-0.15, -0.1) is 0 Å². The zero-order valence-electron chi connectivity index (χ0n) is 18.2. The molecule has 1 saturated heterocycles. The molecule has 0 saturated carbocycles. The number of hydrogen-bond acceptors (Lipinski definition) is 5. The lowest BCUT2D eigenvalue weighted by atomic mass is 10.1. The van der Waals surface area contributed by atoms with Crippen LogP contribution in [0.1, 0.15) is 22.3 Å². The summed E-state index contributed by atoms with van der Waals surface area (Å²) in [7, 11) is 1.54. The van der Waals surface area contributed by atoms with Gasteiger partial charge in [-0.25, -0.2) is 4.39 Å². The summed E-state index contributed by atoms with van der Waals surface area (Å²) in [6.45, 7) is 2.32. The molecule has 1 aliphatic heterocycles. The Labute approximate surface area is 195 Å². The van der Waals surface area contributed by atoms with Gasteiger partial charge in [0.2, 0.25) is 0 Å². The maximum Gasteiger partial charge on any atom is 0.293 e. The number of hydrogen-bond donors (Lipinski definition) is 0. The fourth-order valence-electron chi connectivity index (χ4n) is 3.32. The van der Waals surface area contributed by atoms with Crippen molar-refractivity contribution in [2.24, 2.45) is 0 Å². The average molecular weight is 464 g/mol. The lowest BCUT2D eigenvalue weighted by Crippen LogP contribution is -2.27. The van der Waals surface area contributed by atoms with Crippen LogP contribution in [0.25, 0.3) is 6.08 Å². The molecule has 5 nitrogen and oxygen atoms in total. The first-order valence-electron chi connectivity index (χ1n) is 10.3. The standard InChI is InChI=1S/C26H22FNO4S/c1-17-7-9-18(10-8-17)16-32-22-12-11-19(13-23(22)31-2)14-24-25(29)28(26(30)33-24)15-20-5-3-4-6-21(20)27/h3-14H,15-16H2,1-2H3/b24-14-. The van der Waals surface area contributed by atoms with Crippen LogP contribution in [0.2, 0.25) is 0 Å². The Hall–Kier alpha value is -3.58. The van der Waals surface area contributed by atoms with Gasteiger partial charge in [0.25, 0.3) is 11.1 Å². The van der Waals surface area contributed by atoms with E-state index < -0.39 is 17.0 Å². The van der Waals surface area contributed by atoms with E-state index in [-0.39, 0.29) is 17.0 Å². The molecule has 0 bridgehead atoms. The SMILES string of the molecule is COc1cc(/C=C2\SC(=O)N(Cc3ccccc3F)C2=O)ccc1OCc1ccc(C)cc1. The predicted octanol–water partition coefficient (Wildman–Crippen LogP) is 5.96. The van der Waals surface area contributed by atoms with Crippen molar-refractivity contribution in [3.63, 3.8) is 0 Å². The number of amides is 2. The van der Waals surface area contributed by atoms with E-state index in [4.69, 9.17) is 9.47 Å². The number of rotatable bonds is 7. The van der Waals surface area contributed by atoms with Crippen LogP contribution in [0.3, 0.4) is 0 Å². The van der Waals surface area contributed by atoms with E-state index in [0.717, 1.165) is 22.2 Å². The van der Waals surface area contributed by atoms with Crippen LogP contribution >= 0.6 is 11.8 Å². The van der Waals surface area contributed by atoms with Crippen LogP contribution in [0.5, 0.6) is 11.5 Å². The smallest absolute Gasteiger partial charge is 0.293 e. The molecule has 0 N–H and O–H groups in total. The van der Waals surface area contributed by atoms with Crippen LogP contribution < -0.4 is 9.47 Å². The molecule has 3 aromatic rings. The van der Waals surface area contributed by atoms with Crippen molar-refractivity contribution < 1.29 is 23.5 Å². The summed E-state index contributed by atoms with van der Waals surface area (Å²) in [6.07, 6.45) is 1.62. The van der Waals surface area contributed by atoms with Crippen molar-refractivity contribution in [2.45, 2.75) is 20.1 Å². The van der Waals surface area contributed by atoms with Crippen LogP contribution in [0, 0.1) is 12.7 Å². The first kappa shape index (κ1) is 22.6. The molecule has 2 amide bonds. The summed E-state index contributed by atoms with van der Waals surface area (Å²) in [6, 6.07) is 19.5. The lowest BCUT2D eigenvalue weighted by Gasteiger charge is -2.13. The van der Waals surface area contributed by atoms with Gasteiger partial charge in [0.05, 0.1) is 18.6 Å². The zero-order valence-corrected chi connectivity index (χ0v) is 19.0. The van der Waals surface area contributed by atoms with Gasteiger partial charge in [-0.1, -0.05) is 54.1 Å². The number of nitrogens with zero attached hydrogens (tertiary/aromatic N) is 1. The molecule has 0 aromatic heterocycles. The Bertz CT molecular complexity index is 1220. The molecule has 1 heterocycles. The van der Waals surface area contributed by atoms with Crippen molar-refractivity contribution >= 4 is 29.0 Å². The predicted molar refractivity (Wildman–Crippen MR) is 126 cm³/mol. The molecular weight excluding hydrogens is 441 g/mol. The lowest BCUT2D eigenvalue weighted by molar-refractivity contribution is -0.123. The first-order valence-corrected chi connectivity index (χ1v) is 11.1. The van der Waals surface area contributed by atoms with E-state index in [1.165, 1.54) is 11.6 Å². The number of aryl methyl sites for hydroxylation is 1. The molecule has 0 atom stereocenters. The summed E-state index contributed by atoms with van der Waals surface area (Å²) < 4.78 is 25.3. The molecule has 0 spiro atoms. The number of benzene rings is 3. The van der Waals surface area contributed by atoms with Crippen molar-refractivity contribution in [2.75, 3.05) is 7.11 Å². The second-order valence-corrected chi connectivity index (χ2v) is 8.54. The van der Waals surface area contributed by atoms with E-state index in [1.54, 1.807) is 49.6 Å². The van der Waals surface area contributed by atoms with E-state index in [0.29, 0.717) is 23.7 Å². The highest BCUT2D eigenvalue weighted by Crippen LogP contribution is 2.35. The van der Waals surface area contributed by atoms with Gasteiger partial charge in [0.1, 0.15) is 12.4 Å². The van der Waals surface area contributed by atoms with Crippen molar-refractivity contribution in [3.8, 4) is 11.5 Å². The molecule has 168 valence electrons. The van der Waals surface area contributed by atoms with Gasteiger partial charge in [-0.2, -0.15) is 0 Å². The molecule has 3 aromatic carbocycles. The third kappa shape index (κ3) is 5.26. The number of methoxy groups -OCH3 is 1. The maximum absolute atomic E-state index is 14.0. The third-order valence-electron chi connectivity index (χ3n) is 5.16. The second-order valence-electron chi connectivity index (χ2n) is 7.54. The number of imide groups is 1. The third-order valence-corrected chi connectivity index (χ3v) is 6.07. The molecule has 4 rings (SSSR count). The maximum atomic E-state index is 14.0. The van der Waals surface area contributed by atoms with E-state index >= 15 is 0 Å². The quantitative estimate of drug-likeness (QED) is 0.405. The molecule has 0 aliphatic carbocycles. The average Bonchev–Trinajstić information content (AvgIpc) is 3.07. The highest BCUT2D eigenvalue weighted by molar-refractivity contribution is 8.18. The summed E-state index contributed by atoms with van der Waals surface area (Å²) in [5.74, 6) is 0.183. The first-order chi connectivity index (χ1) is 15.9. The molecule has 33 heavy (non-hydrogen) atoms. The van der Waals surface area contributed by atoms with Gasteiger partial charge in [0, 0.05) is 5.56 Å². The van der Waals surface area contributed by atoms with E-state index in [9.17, 15) is 14.0 Å². The summed E-state index contributed by atoms with van der Waals surface area (Å²) in [5, 5.41) is -0.431. The Morgan fingerprint density at radius 3 is 2.48 bits per heavy atom. The molecule has 1 fully saturated rings. The van der Waals surface area contributed by atoms with Gasteiger partial charge in [-0.05, 0) is 54.1 Å². The van der Waals surface area contributed by atoms with Crippen molar-refractivity contribution in [3.05, 3.63) is 99.7 Å². The fraction of sp³-hybridized carbons (Fsp3) is 0.154. The van der Waals surface area contributed by atoms with Gasteiger partial charge >= 0.3 is 0 Å². The molecule has 0 unspecified atom stereocenters. The number of ether oxygens (including phenoxy) is 2. The number of carbonyl (C=O) groups is 2. The van der Waals surface area contributed by atoms with E-state index in [2.05, 4.69) is 0 Å². The van der Waals surface area contributed by atoms with Crippen molar-refractivity contribution in [1.29, 1.82) is 0 Å². The summed E-state index contributed by atoms with van der Waals surface area (Å²) in [5.41, 5.74) is 3.19. The largest absolute Gasteiger partial charge is 0.493 e. The number of halogens is 1. The minimum absolute atomic E-state index is 0.107. The van der Waals surface area contributed by atoms with Gasteiger partial charge < -0.3 is 9.47 Å². The van der Waals surface area contributed by atoms with Crippen LogP contribution in [-0.4, -0.2) is 23.2 Å². The highest BCUT2D eigenvalue weighted by atomic mass is 32.2. The monoisotopic (exact) mass is 463 g/mol. The Balaban J connectivity index is 1.49. The second kappa shape index (κ2) is 9.92. The molecule has 0 radical (unpaired) electrons. The number of thioether (sulfide) groups is 1. The minimum atomic E-state index is -0.452. The summed E-state index contributed by atoms with van der Waals surface area (Å²) in [4.78, 5) is 26.5. The van der Waals surface area contributed by atoms with E-state index in [1.807, 2.05) is 31.2 Å². The molecular formula is C26H22FNO4S. The minimum Gasteiger partial charge on any atom is -0.493 e. The van der Waals surface area contributed by atoms with Crippen LogP contribution in [0.4, 0.5) is 9.18 Å². The summed E-state index contributed by atoms with van der Waals surface area (Å²) >= 11 is 0.832. The zero-order chi connectivity index (χ0) is 23.4. The van der Waals surface area contributed by atoms with Crippen molar-refractivity contribution in [1.82, 2.24) is 4.90 Å². The molecule has 1 aliphatic rings. The fourth-order valence-corrected chi connectivity index (χ4v) is 4.16. The normalized spacial score (nSPS) is 14.8.